The molecule has 0 bridgehead atoms. The Morgan fingerprint density at radius 3 is 2.48 bits per heavy atom. The molecule has 2 aromatic carbocycles. The van der Waals surface area contributed by atoms with Gasteiger partial charge in [-0.25, -0.2) is 0 Å². The number of carbonyl (C=O) groups is 1. The van der Waals surface area contributed by atoms with Crippen LogP contribution in [0.3, 0.4) is 0 Å². The Balaban J connectivity index is 1.40. The molecule has 1 amide bonds. The first-order valence-corrected chi connectivity index (χ1v) is 8.28. The van der Waals surface area contributed by atoms with Gasteiger partial charge >= 0.3 is 0 Å². The van der Waals surface area contributed by atoms with E-state index in [4.69, 9.17) is 18.9 Å². The smallest absolute Gasteiger partial charge is 0.264 e. The Hall–Kier alpha value is -2.89. The summed E-state index contributed by atoms with van der Waals surface area (Å²) >= 11 is 0. The molecule has 0 radical (unpaired) electrons. The zero-order chi connectivity index (χ0) is 17.5. The Morgan fingerprint density at radius 1 is 1.08 bits per heavy atom. The lowest BCUT2D eigenvalue weighted by Crippen LogP contribution is -2.45. The van der Waals surface area contributed by atoms with E-state index < -0.39 is 6.10 Å². The van der Waals surface area contributed by atoms with Crippen molar-refractivity contribution in [2.75, 3.05) is 26.4 Å². The van der Waals surface area contributed by atoms with Gasteiger partial charge in [0.05, 0.1) is 13.2 Å². The van der Waals surface area contributed by atoms with Crippen molar-refractivity contribution in [1.29, 1.82) is 0 Å². The van der Waals surface area contributed by atoms with Gasteiger partial charge in [0, 0.05) is 0 Å². The molecule has 1 N–H and O–H groups in total. The summed E-state index contributed by atoms with van der Waals surface area (Å²) in [6.45, 7) is 3.51. The monoisotopic (exact) mass is 343 g/mol. The predicted octanol–water partition coefficient (Wildman–Crippen LogP) is 2.42. The zero-order valence-electron chi connectivity index (χ0n) is 14.1. The van der Waals surface area contributed by atoms with Crippen LogP contribution < -0.4 is 24.3 Å². The van der Waals surface area contributed by atoms with Gasteiger partial charge in [-0.15, -0.1) is 0 Å². The van der Waals surface area contributed by atoms with Gasteiger partial charge < -0.3 is 24.3 Å². The van der Waals surface area contributed by atoms with Crippen LogP contribution in [0.1, 0.15) is 6.92 Å². The zero-order valence-corrected chi connectivity index (χ0v) is 14.1. The molecule has 0 unspecified atom stereocenters. The Kier molecular flexibility index (Phi) is 5.61. The summed E-state index contributed by atoms with van der Waals surface area (Å²) in [6.07, 6.45) is -0.652. The van der Waals surface area contributed by atoms with Gasteiger partial charge in [-0.3, -0.25) is 4.79 Å². The molecule has 0 fully saturated rings. The summed E-state index contributed by atoms with van der Waals surface area (Å²) in [5.74, 6) is 2.55. The van der Waals surface area contributed by atoms with Crippen molar-refractivity contribution in [1.82, 2.24) is 5.32 Å². The molecule has 1 heterocycles. The number of fused-ring (bicyclic) bond motifs is 1. The highest BCUT2D eigenvalue weighted by Gasteiger charge is 2.26. The molecule has 0 saturated heterocycles. The van der Waals surface area contributed by atoms with Gasteiger partial charge in [0.2, 0.25) is 6.10 Å². The average Bonchev–Trinajstić information content (AvgIpc) is 2.66. The van der Waals surface area contributed by atoms with E-state index >= 15 is 0 Å². The summed E-state index contributed by atoms with van der Waals surface area (Å²) in [7, 11) is 0. The molecule has 1 aliphatic heterocycles. The van der Waals surface area contributed by atoms with Gasteiger partial charge in [0.15, 0.2) is 11.5 Å². The number of benzene rings is 2. The SMILES string of the molecule is CCOc1ccc(OCCNC(=O)[C@@H]2COc3ccccc3O2)cc1. The molecule has 0 aliphatic carbocycles. The first-order valence-electron chi connectivity index (χ1n) is 8.28. The molecule has 2 aromatic rings. The summed E-state index contributed by atoms with van der Waals surface area (Å²) < 4.78 is 22.2. The van der Waals surface area contributed by atoms with E-state index in [1.165, 1.54) is 0 Å². The van der Waals surface area contributed by atoms with Crippen LogP contribution in [0.5, 0.6) is 23.0 Å². The van der Waals surface area contributed by atoms with E-state index in [9.17, 15) is 4.79 Å². The van der Waals surface area contributed by atoms with E-state index in [1.54, 1.807) is 6.07 Å². The van der Waals surface area contributed by atoms with Gasteiger partial charge in [-0.1, -0.05) is 12.1 Å². The van der Waals surface area contributed by atoms with Crippen LogP contribution in [0.15, 0.2) is 48.5 Å². The normalized spacial score (nSPS) is 15.3. The Labute approximate surface area is 146 Å². The third-order valence-electron chi connectivity index (χ3n) is 3.61. The van der Waals surface area contributed by atoms with Crippen molar-refractivity contribution in [3.8, 4) is 23.0 Å². The quantitative estimate of drug-likeness (QED) is 0.782. The minimum absolute atomic E-state index is 0.197. The predicted molar refractivity (Wildman–Crippen MR) is 92.5 cm³/mol. The van der Waals surface area contributed by atoms with E-state index in [0.717, 1.165) is 11.5 Å². The molecular formula is C19H21NO5. The lowest BCUT2D eigenvalue weighted by Gasteiger charge is -2.25. The molecule has 0 aromatic heterocycles. The third-order valence-corrected chi connectivity index (χ3v) is 3.61. The molecule has 132 valence electrons. The first kappa shape index (κ1) is 17.0. The highest BCUT2D eigenvalue weighted by Crippen LogP contribution is 2.30. The maximum atomic E-state index is 12.1. The number of hydrogen-bond acceptors (Lipinski definition) is 5. The van der Waals surface area contributed by atoms with Crippen LogP contribution in [0.25, 0.3) is 0 Å². The molecule has 0 saturated carbocycles. The highest BCUT2D eigenvalue weighted by molar-refractivity contribution is 5.81. The molecular weight excluding hydrogens is 322 g/mol. The fourth-order valence-corrected chi connectivity index (χ4v) is 2.40. The van der Waals surface area contributed by atoms with Crippen molar-refractivity contribution in [2.45, 2.75) is 13.0 Å². The minimum atomic E-state index is -0.652. The summed E-state index contributed by atoms with van der Waals surface area (Å²) in [4.78, 5) is 12.1. The minimum Gasteiger partial charge on any atom is -0.494 e. The average molecular weight is 343 g/mol. The number of para-hydroxylation sites is 2. The molecule has 25 heavy (non-hydrogen) atoms. The number of amides is 1. The van der Waals surface area contributed by atoms with Gasteiger partial charge in [-0.05, 0) is 43.3 Å². The van der Waals surface area contributed by atoms with Crippen LogP contribution >= 0.6 is 0 Å². The molecule has 6 heteroatoms. The fourth-order valence-electron chi connectivity index (χ4n) is 2.40. The van der Waals surface area contributed by atoms with Crippen molar-refractivity contribution in [3.63, 3.8) is 0 Å². The summed E-state index contributed by atoms with van der Waals surface area (Å²) in [5.41, 5.74) is 0. The Morgan fingerprint density at radius 2 is 1.76 bits per heavy atom. The molecule has 6 nitrogen and oxygen atoms in total. The third kappa shape index (κ3) is 4.56. The number of carbonyl (C=O) groups excluding carboxylic acids is 1. The molecule has 0 spiro atoms. The van der Waals surface area contributed by atoms with E-state index in [-0.39, 0.29) is 12.5 Å². The van der Waals surface area contributed by atoms with Crippen molar-refractivity contribution in [2.24, 2.45) is 0 Å². The van der Waals surface area contributed by atoms with Gasteiger partial charge in [0.1, 0.15) is 24.7 Å². The standard InChI is InChI=1S/C19H21NO5/c1-2-22-14-7-9-15(10-8-14)23-12-11-20-19(21)18-13-24-16-5-3-4-6-17(16)25-18/h3-10,18H,2,11-13H2,1H3,(H,20,21)/t18-/m0/s1. The maximum absolute atomic E-state index is 12.1. The molecule has 1 atom stereocenters. The Bertz CT molecular complexity index is 701. The topological polar surface area (TPSA) is 66.0 Å². The second-order valence-corrected chi connectivity index (χ2v) is 5.41. The second-order valence-electron chi connectivity index (χ2n) is 5.41. The second kappa shape index (κ2) is 8.28. The van der Waals surface area contributed by atoms with Gasteiger partial charge in [-0.2, -0.15) is 0 Å². The molecule has 1 aliphatic rings. The number of nitrogens with one attached hydrogen (secondary N) is 1. The number of hydrogen-bond donors (Lipinski definition) is 1. The van der Waals surface area contributed by atoms with Gasteiger partial charge in [0.25, 0.3) is 5.91 Å². The summed E-state index contributed by atoms with van der Waals surface area (Å²) in [5, 5.41) is 2.79. The van der Waals surface area contributed by atoms with E-state index in [2.05, 4.69) is 5.32 Å². The van der Waals surface area contributed by atoms with E-state index in [1.807, 2.05) is 49.4 Å². The first-order chi connectivity index (χ1) is 12.3. The largest absolute Gasteiger partial charge is 0.494 e. The van der Waals surface area contributed by atoms with Crippen molar-refractivity contribution in [3.05, 3.63) is 48.5 Å². The lowest BCUT2D eigenvalue weighted by molar-refractivity contribution is -0.130. The van der Waals surface area contributed by atoms with Crippen LogP contribution in [-0.2, 0) is 4.79 Å². The number of ether oxygens (including phenoxy) is 4. The van der Waals surface area contributed by atoms with Crippen LogP contribution in [0.2, 0.25) is 0 Å². The maximum Gasteiger partial charge on any atom is 0.264 e. The highest BCUT2D eigenvalue weighted by atomic mass is 16.6. The van der Waals surface area contributed by atoms with Crippen molar-refractivity contribution < 1.29 is 23.7 Å². The van der Waals surface area contributed by atoms with Crippen LogP contribution in [0, 0.1) is 0 Å². The van der Waals surface area contributed by atoms with Crippen molar-refractivity contribution >= 4 is 5.91 Å². The lowest BCUT2D eigenvalue weighted by atomic mass is 10.2. The van der Waals surface area contributed by atoms with E-state index in [0.29, 0.717) is 31.3 Å². The van der Waals surface area contributed by atoms with Crippen LogP contribution in [0.4, 0.5) is 0 Å². The fraction of sp³-hybridized carbons (Fsp3) is 0.316. The van der Waals surface area contributed by atoms with Crippen LogP contribution in [-0.4, -0.2) is 38.4 Å². The summed E-state index contributed by atoms with van der Waals surface area (Å²) in [6, 6.07) is 14.7. The molecule has 3 rings (SSSR count). The number of rotatable bonds is 7.